The van der Waals surface area contributed by atoms with E-state index in [1.807, 2.05) is 19.9 Å². The summed E-state index contributed by atoms with van der Waals surface area (Å²) in [5.41, 5.74) is 2.42. The molecule has 1 aliphatic heterocycles. The second-order valence-corrected chi connectivity index (χ2v) is 8.23. The lowest BCUT2D eigenvalue weighted by molar-refractivity contribution is -0.138. The minimum atomic E-state index is -1.03. The third-order valence-electron chi connectivity index (χ3n) is 5.20. The van der Waals surface area contributed by atoms with Crippen molar-refractivity contribution in [3.8, 4) is 0 Å². The van der Waals surface area contributed by atoms with Crippen molar-refractivity contribution in [2.75, 3.05) is 6.54 Å². The highest BCUT2D eigenvalue weighted by molar-refractivity contribution is 5.87. The first-order valence-corrected chi connectivity index (χ1v) is 11.5. The van der Waals surface area contributed by atoms with Gasteiger partial charge in [0.2, 0.25) is 17.7 Å². The summed E-state index contributed by atoms with van der Waals surface area (Å²) in [4.78, 5) is 46.3. The maximum absolute atomic E-state index is 12.7. The molecule has 0 aliphatic carbocycles. The third-order valence-corrected chi connectivity index (χ3v) is 5.20. The molecule has 0 bridgehead atoms. The number of aliphatic carboxylic acids is 1. The van der Waals surface area contributed by atoms with E-state index in [9.17, 15) is 24.3 Å². The van der Waals surface area contributed by atoms with Crippen LogP contribution >= 0.6 is 0 Å². The van der Waals surface area contributed by atoms with Gasteiger partial charge >= 0.3 is 5.97 Å². The van der Waals surface area contributed by atoms with E-state index in [1.165, 1.54) is 6.92 Å². The summed E-state index contributed by atoms with van der Waals surface area (Å²) in [6.07, 6.45) is 6.01. The predicted molar refractivity (Wildman–Crippen MR) is 126 cm³/mol. The minimum Gasteiger partial charge on any atom is -0.481 e. The number of aliphatic hydroxyl groups is 1. The van der Waals surface area contributed by atoms with E-state index < -0.39 is 18.3 Å². The zero-order valence-corrected chi connectivity index (χ0v) is 20.3. The van der Waals surface area contributed by atoms with Crippen LogP contribution in [-0.2, 0) is 23.9 Å². The first kappa shape index (κ1) is 29.1. The normalized spacial score (nSPS) is 20.3. The fourth-order valence-electron chi connectivity index (χ4n) is 3.46. The molecule has 1 heterocycles. The van der Waals surface area contributed by atoms with Gasteiger partial charge in [-0.05, 0) is 62.8 Å². The van der Waals surface area contributed by atoms with Crippen molar-refractivity contribution in [1.29, 1.82) is 0 Å². The minimum absolute atomic E-state index is 0.0744. The lowest BCUT2D eigenvalue weighted by atomic mass is 9.96. The van der Waals surface area contributed by atoms with Crippen LogP contribution in [0.2, 0.25) is 0 Å². The predicted octanol–water partition coefficient (Wildman–Crippen LogP) is 1.66. The van der Waals surface area contributed by atoms with Gasteiger partial charge in [-0.3, -0.25) is 19.2 Å². The summed E-state index contributed by atoms with van der Waals surface area (Å²) >= 11 is 0. The lowest BCUT2D eigenvalue weighted by Crippen LogP contribution is -2.45. The largest absolute Gasteiger partial charge is 0.481 e. The van der Waals surface area contributed by atoms with E-state index in [4.69, 9.17) is 9.84 Å². The molecule has 0 radical (unpaired) electrons. The Morgan fingerprint density at radius 2 is 1.88 bits per heavy atom. The molecule has 0 aromatic rings. The Morgan fingerprint density at radius 3 is 2.50 bits per heavy atom. The fraction of sp³-hybridized carbons (Fsp3) is 0.583. The quantitative estimate of drug-likeness (QED) is 0.252. The zero-order chi connectivity index (χ0) is 25.7. The number of carboxylic acid groups (broad SMARTS) is 1. The average molecular weight is 480 g/mol. The van der Waals surface area contributed by atoms with Crippen LogP contribution in [0.1, 0.15) is 66.2 Å². The number of aliphatic hydroxyl groups excluding tert-OH is 1. The molecule has 5 N–H and O–H groups in total. The molecule has 1 rings (SSSR count). The number of ether oxygens (including phenoxy) is 1. The summed E-state index contributed by atoms with van der Waals surface area (Å²) in [7, 11) is 0. The molecule has 190 valence electrons. The molecule has 34 heavy (non-hydrogen) atoms. The number of allylic oxidation sites excluding steroid dienone is 3. The topological polar surface area (TPSA) is 154 Å². The number of rotatable bonds is 13. The van der Waals surface area contributed by atoms with Crippen LogP contribution in [0, 0.1) is 0 Å². The van der Waals surface area contributed by atoms with Crippen LogP contribution in [0.3, 0.4) is 0 Å². The van der Waals surface area contributed by atoms with Crippen molar-refractivity contribution in [3.05, 3.63) is 35.1 Å². The molecule has 0 saturated heterocycles. The van der Waals surface area contributed by atoms with E-state index in [0.717, 1.165) is 11.1 Å². The highest BCUT2D eigenvalue weighted by Crippen LogP contribution is 2.26. The maximum Gasteiger partial charge on any atom is 0.303 e. The second kappa shape index (κ2) is 15.0. The van der Waals surface area contributed by atoms with Gasteiger partial charge in [-0.25, -0.2) is 0 Å². The van der Waals surface area contributed by atoms with Crippen molar-refractivity contribution >= 4 is 23.7 Å². The Morgan fingerprint density at radius 1 is 1.18 bits per heavy atom. The van der Waals surface area contributed by atoms with Crippen LogP contribution in [0.4, 0.5) is 0 Å². The fourth-order valence-corrected chi connectivity index (χ4v) is 3.46. The summed E-state index contributed by atoms with van der Waals surface area (Å²) in [6.45, 7) is 7.30. The Bertz CT molecular complexity index is 832. The molecule has 0 aromatic carbocycles. The number of hydrogen-bond acceptors (Lipinski definition) is 6. The van der Waals surface area contributed by atoms with E-state index in [2.05, 4.69) is 16.0 Å². The van der Waals surface area contributed by atoms with E-state index in [1.54, 1.807) is 19.1 Å². The van der Waals surface area contributed by atoms with Gasteiger partial charge in [0, 0.05) is 25.6 Å². The summed E-state index contributed by atoms with van der Waals surface area (Å²) in [5.74, 6) is -2.03. The number of carbonyl (C=O) groups is 4. The van der Waals surface area contributed by atoms with Crippen molar-refractivity contribution in [1.82, 2.24) is 16.0 Å². The molecule has 0 aromatic heterocycles. The monoisotopic (exact) mass is 479 g/mol. The van der Waals surface area contributed by atoms with Gasteiger partial charge in [-0.2, -0.15) is 0 Å². The first-order valence-electron chi connectivity index (χ1n) is 11.5. The molecule has 3 amide bonds. The number of carboxylic acids is 1. The second-order valence-electron chi connectivity index (χ2n) is 8.23. The van der Waals surface area contributed by atoms with Gasteiger partial charge in [-0.15, -0.1) is 0 Å². The van der Waals surface area contributed by atoms with Gasteiger partial charge in [-0.1, -0.05) is 13.0 Å². The van der Waals surface area contributed by atoms with Crippen LogP contribution in [0.5, 0.6) is 0 Å². The Labute approximate surface area is 200 Å². The molecule has 1 aliphatic rings. The molecule has 1 unspecified atom stereocenters. The SMILES string of the molecule is CCC1O[C@@H](O)C=C(C)/C1=C/C=C(\C)NC(=O)[C@H](CCCCNC(=O)CCC(=O)O)NC(C)=O. The molecular formula is C24H37N3O7. The van der Waals surface area contributed by atoms with Gasteiger partial charge in [0.25, 0.3) is 0 Å². The summed E-state index contributed by atoms with van der Waals surface area (Å²) in [5, 5.41) is 26.4. The molecule has 3 atom stereocenters. The zero-order valence-electron chi connectivity index (χ0n) is 20.3. The average Bonchev–Trinajstić information content (AvgIpc) is 2.75. The van der Waals surface area contributed by atoms with E-state index in [-0.39, 0.29) is 36.7 Å². The summed E-state index contributed by atoms with van der Waals surface area (Å²) < 4.78 is 5.51. The Hall–Kier alpha value is -2.98. The highest BCUT2D eigenvalue weighted by Gasteiger charge is 2.23. The number of amides is 3. The Kier molecular flexibility index (Phi) is 12.8. The number of carbonyl (C=O) groups excluding carboxylic acids is 3. The molecule has 0 spiro atoms. The van der Waals surface area contributed by atoms with Crippen LogP contribution in [0.15, 0.2) is 35.1 Å². The summed E-state index contributed by atoms with van der Waals surface area (Å²) in [6, 6.07) is -0.727. The highest BCUT2D eigenvalue weighted by atomic mass is 16.6. The molecular weight excluding hydrogens is 442 g/mol. The number of unbranched alkanes of at least 4 members (excludes halogenated alkanes) is 1. The molecule has 10 nitrogen and oxygen atoms in total. The molecule has 0 saturated carbocycles. The third kappa shape index (κ3) is 11.2. The van der Waals surface area contributed by atoms with Gasteiger partial charge in [0.15, 0.2) is 6.29 Å². The van der Waals surface area contributed by atoms with Gasteiger partial charge in [0.05, 0.1) is 12.5 Å². The molecule has 0 fully saturated rings. The Balaban J connectivity index is 2.62. The van der Waals surface area contributed by atoms with Gasteiger partial charge < -0.3 is 30.9 Å². The van der Waals surface area contributed by atoms with Crippen molar-refractivity contribution in [2.45, 2.75) is 84.7 Å². The van der Waals surface area contributed by atoms with Gasteiger partial charge in [0.1, 0.15) is 6.04 Å². The van der Waals surface area contributed by atoms with E-state index >= 15 is 0 Å². The standard InChI is InChI=1S/C24H37N3O7/c1-5-20-18(15(2)14-23(32)34-20)10-9-16(3)26-24(33)19(27-17(4)28)8-6-7-13-25-21(29)11-12-22(30)31/h9-10,14,19-20,23,32H,5-8,11-13H2,1-4H3,(H,25,29)(H,26,33)(H,27,28)(H,30,31)/b16-9+,18-10-/t19-,20?,23+/m0/s1. The van der Waals surface area contributed by atoms with Crippen LogP contribution in [0.25, 0.3) is 0 Å². The maximum atomic E-state index is 12.7. The number of nitrogens with one attached hydrogen (secondary N) is 3. The van der Waals surface area contributed by atoms with Crippen molar-refractivity contribution in [2.24, 2.45) is 0 Å². The molecule has 10 heteroatoms. The van der Waals surface area contributed by atoms with Crippen LogP contribution < -0.4 is 16.0 Å². The smallest absolute Gasteiger partial charge is 0.303 e. The van der Waals surface area contributed by atoms with E-state index in [0.29, 0.717) is 37.9 Å². The van der Waals surface area contributed by atoms with Crippen molar-refractivity contribution < 1.29 is 34.1 Å². The first-order chi connectivity index (χ1) is 16.0. The van der Waals surface area contributed by atoms with Crippen LogP contribution in [-0.4, -0.2) is 58.9 Å². The van der Waals surface area contributed by atoms with Crippen molar-refractivity contribution in [3.63, 3.8) is 0 Å². The number of hydrogen-bond donors (Lipinski definition) is 5. The lowest BCUT2D eigenvalue weighted by Gasteiger charge is -2.27.